The summed E-state index contributed by atoms with van der Waals surface area (Å²) < 4.78 is 33.1. The second-order valence-electron chi connectivity index (χ2n) is 4.28. The minimum atomic E-state index is -1.08. The SMILES string of the molecule is NC(=O)OC/C(=C\F)Cn1ncn(-c2ncc(Br)cc2F)c1=O. The number of rotatable bonds is 5. The molecule has 0 aliphatic rings. The summed E-state index contributed by atoms with van der Waals surface area (Å²) in [7, 11) is 0. The summed E-state index contributed by atoms with van der Waals surface area (Å²) in [5.41, 5.74) is 3.98. The first kappa shape index (κ1) is 16.8. The topological polar surface area (TPSA) is 105 Å². The molecule has 2 rings (SSSR count). The summed E-state index contributed by atoms with van der Waals surface area (Å²) in [4.78, 5) is 26.5. The van der Waals surface area contributed by atoms with Crippen molar-refractivity contribution in [1.29, 1.82) is 0 Å². The van der Waals surface area contributed by atoms with E-state index in [2.05, 4.69) is 30.7 Å². The molecule has 2 heterocycles. The first-order valence-corrected chi connectivity index (χ1v) is 6.88. The van der Waals surface area contributed by atoms with E-state index >= 15 is 0 Å². The van der Waals surface area contributed by atoms with Crippen LogP contribution in [0.5, 0.6) is 0 Å². The average Bonchev–Trinajstić information content (AvgIpc) is 2.84. The highest BCUT2D eigenvalue weighted by Crippen LogP contribution is 2.14. The molecule has 2 aromatic heterocycles. The first-order valence-electron chi connectivity index (χ1n) is 6.08. The van der Waals surface area contributed by atoms with E-state index < -0.39 is 24.2 Å². The van der Waals surface area contributed by atoms with E-state index in [4.69, 9.17) is 5.73 Å². The van der Waals surface area contributed by atoms with Crippen LogP contribution in [0.4, 0.5) is 13.6 Å². The Morgan fingerprint density at radius 3 is 2.87 bits per heavy atom. The monoisotopic (exact) mass is 389 g/mol. The van der Waals surface area contributed by atoms with E-state index in [9.17, 15) is 18.4 Å². The first-order chi connectivity index (χ1) is 10.9. The smallest absolute Gasteiger partial charge is 0.404 e. The van der Waals surface area contributed by atoms with Gasteiger partial charge in [-0.05, 0) is 22.0 Å². The van der Waals surface area contributed by atoms with Crippen molar-refractivity contribution in [3.8, 4) is 5.82 Å². The molecule has 2 N–H and O–H groups in total. The third kappa shape index (κ3) is 4.00. The largest absolute Gasteiger partial charge is 0.445 e. The van der Waals surface area contributed by atoms with Gasteiger partial charge in [-0.3, -0.25) is 0 Å². The molecule has 2 aromatic rings. The third-order valence-electron chi connectivity index (χ3n) is 2.66. The van der Waals surface area contributed by atoms with E-state index in [0.717, 1.165) is 21.6 Å². The molecule has 23 heavy (non-hydrogen) atoms. The summed E-state index contributed by atoms with van der Waals surface area (Å²) in [5, 5.41) is 3.74. The Balaban J connectivity index is 2.25. The molecule has 0 fully saturated rings. The Labute approximate surface area is 136 Å². The lowest BCUT2D eigenvalue weighted by molar-refractivity contribution is 0.164. The van der Waals surface area contributed by atoms with Crippen molar-refractivity contribution < 1.29 is 18.3 Å². The zero-order chi connectivity index (χ0) is 17.0. The van der Waals surface area contributed by atoms with Gasteiger partial charge in [-0.15, -0.1) is 0 Å². The maximum atomic E-state index is 13.8. The Morgan fingerprint density at radius 2 is 2.26 bits per heavy atom. The van der Waals surface area contributed by atoms with Crippen LogP contribution in [0.25, 0.3) is 5.82 Å². The molecule has 0 aromatic carbocycles. The van der Waals surface area contributed by atoms with Crippen LogP contribution in [-0.4, -0.2) is 32.0 Å². The zero-order valence-electron chi connectivity index (χ0n) is 11.4. The molecular weight excluding hydrogens is 380 g/mol. The standard InChI is InChI=1S/C12H10BrF2N5O3/c13-8-1-9(15)10(17-3-8)19-6-18-20(12(19)22)4-7(2-14)5-23-11(16)21/h1-3,6H,4-5H2,(H2,16,21)/b7-2-. The van der Waals surface area contributed by atoms with E-state index in [1.165, 1.54) is 6.20 Å². The number of carbonyl (C=O) groups excluding carboxylic acids is 1. The minimum absolute atomic E-state index is 0.0552. The van der Waals surface area contributed by atoms with Gasteiger partial charge >= 0.3 is 11.8 Å². The second kappa shape index (κ2) is 7.13. The highest BCUT2D eigenvalue weighted by molar-refractivity contribution is 9.10. The number of halogens is 3. The highest BCUT2D eigenvalue weighted by Gasteiger charge is 2.14. The lowest BCUT2D eigenvalue weighted by atomic mass is 10.3. The molecule has 11 heteroatoms. The molecule has 0 atom stereocenters. The van der Waals surface area contributed by atoms with Crippen LogP contribution < -0.4 is 11.4 Å². The van der Waals surface area contributed by atoms with Gasteiger partial charge in [0.25, 0.3) is 0 Å². The molecule has 8 nitrogen and oxygen atoms in total. The molecule has 122 valence electrons. The van der Waals surface area contributed by atoms with E-state index in [1.54, 1.807) is 0 Å². The lowest BCUT2D eigenvalue weighted by Crippen LogP contribution is -2.26. The molecule has 0 saturated heterocycles. The predicted octanol–water partition coefficient (Wildman–Crippen LogP) is 1.28. The Morgan fingerprint density at radius 1 is 1.52 bits per heavy atom. The Bertz CT molecular complexity index is 817. The number of nitrogens with zero attached hydrogens (tertiary/aromatic N) is 4. The van der Waals surface area contributed by atoms with Crippen LogP contribution in [0, 0.1) is 5.82 Å². The maximum absolute atomic E-state index is 13.8. The predicted molar refractivity (Wildman–Crippen MR) is 78.0 cm³/mol. The van der Waals surface area contributed by atoms with Gasteiger partial charge in [0.05, 0.1) is 12.9 Å². The summed E-state index contributed by atoms with van der Waals surface area (Å²) in [5.74, 6) is -0.983. The van der Waals surface area contributed by atoms with Crippen LogP contribution >= 0.6 is 15.9 Å². The number of amides is 1. The molecule has 0 aliphatic heterocycles. The number of hydrogen-bond acceptors (Lipinski definition) is 5. The number of aromatic nitrogens is 4. The van der Waals surface area contributed by atoms with Crippen molar-refractivity contribution in [2.45, 2.75) is 6.54 Å². The van der Waals surface area contributed by atoms with Crippen molar-refractivity contribution >= 4 is 22.0 Å². The molecule has 0 radical (unpaired) electrons. The fourth-order valence-corrected chi connectivity index (χ4v) is 1.95. The van der Waals surface area contributed by atoms with Gasteiger partial charge in [0.1, 0.15) is 12.9 Å². The molecule has 0 bridgehead atoms. The molecule has 0 unspecified atom stereocenters. The quantitative estimate of drug-likeness (QED) is 0.828. The number of pyridine rings is 1. The van der Waals surface area contributed by atoms with Gasteiger partial charge in [0, 0.05) is 16.2 Å². The molecular formula is C12H10BrF2N5O3. The number of hydrogen-bond donors (Lipinski definition) is 1. The molecule has 0 spiro atoms. The fourth-order valence-electron chi connectivity index (χ4n) is 1.64. The summed E-state index contributed by atoms with van der Waals surface area (Å²) in [6.45, 7) is -0.732. The molecule has 1 amide bonds. The van der Waals surface area contributed by atoms with Gasteiger partial charge in [0.15, 0.2) is 11.6 Å². The zero-order valence-corrected chi connectivity index (χ0v) is 13.0. The average molecular weight is 390 g/mol. The van der Waals surface area contributed by atoms with Crippen LogP contribution in [0.15, 0.2) is 39.8 Å². The van der Waals surface area contributed by atoms with Gasteiger partial charge < -0.3 is 10.5 Å². The second-order valence-corrected chi connectivity index (χ2v) is 5.19. The van der Waals surface area contributed by atoms with Crippen LogP contribution in [0.1, 0.15) is 0 Å². The van der Waals surface area contributed by atoms with Crippen LogP contribution in [0.3, 0.4) is 0 Å². The van der Waals surface area contributed by atoms with Crippen LogP contribution in [-0.2, 0) is 11.3 Å². The molecule has 0 aliphatic carbocycles. The lowest BCUT2D eigenvalue weighted by Gasteiger charge is -2.05. The van der Waals surface area contributed by atoms with Crippen molar-refractivity contribution in [1.82, 2.24) is 19.3 Å². The van der Waals surface area contributed by atoms with Gasteiger partial charge in [0.2, 0.25) is 0 Å². The van der Waals surface area contributed by atoms with Crippen molar-refractivity contribution in [2.24, 2.45) is 5.73 Å². The highest BCUT2D eigenvalue weighted by atomic mass is 79.9. The van der Waals surface area contributed by atoms with Crippen LogP contribution in [0.2, 0.25) is 0 Å². The Kier molecular flexibility index (Phi) is 5.21. The Hall–Kier alpha value is -2.56. The summed E-state index contributed by atoms with van der Waals surface area (Å²) in [6.07, 6.45) is 1.46. The van der Waals surface area contributed by atoms with Gasteiger partial charge in [-0.2, -0.15) is 5.10 Å². The van der Waals surface area contributed by atoms with E-state index in [1.807, 2.05) is 0 Å². The molecule has 0 saturated carbocycles. The minimum Gasteiger partial charge on any atom is -0.445 e. The maximum Gasteiger partial charge on any atom is 0.404 e. The number of primary amides is 1. The fraction of sp³-hybridized carbons (Fsp3) is 0.167. The number of ether oxygens (including phenoxy) is 1. The van der Waals surface area contributed by atoms with Crippen molar-refractivity contribution in [3.05, 3.63) is 51.3 Å². The van der Waals surface area contributed by atoms with Crippen molar-refractivity contribution in [3.63, 3.8) is 0 Å². The van der Waals surface area contributed by atoms with Gasteiger partial charge in [-0.1, -0.05) is 0 Å². The van der Waals surface area contributed by atoms with Gasteiger partial charge in [-0.25, -0.2) is 32.6 Å². The third-order valence-corrected chi connectivity index (χ3v) is 3.09. The summed E-state index contributed by atoms with van der Waals surface area (Å²) >= 11 is 3.05. The number of carbonyl (C=O) groups is 1. The van der Waals surface area contributed by atoms with E-state index in [0.29, 0.717) is 4.47 Å². The normalized spacial score (nSPS) is 11.5. The number of nitrogens with two attached hydrogens (primary N) is 1. The summed E-state index contributed by atoms with van der Waals surface area (Å²) in [6, 6.07) is 1.14. The van der Waals surface area contributed by atoms with E-state index in [-0.39, 0.29) is 24.3 Å². The van der Waals surface area contributed by atoms with Crippen molar-refractivity contribution in [2.75, 3.05) is 6.61 Å².